The normalized spacial score (nSPS) is 10.9. The van der Waals surface area contributed by atoms with Crippen LogP contribution in [0.15, 0.2) is 48.5 Å². The van der Waals surface area contributed by atoms with Crippen molar-refractivity contribution in [3.8, 4) is 5.75 Å². The number of aliphatic hydroxyl groups excluding tert-OH is 1. The Labute approximate surface area is 139 Å². The number of ether oxygens (including phenoxy) is 1. The minimum atomic E-state index is 0.0578. The van der Waals surface area contributed by atoms with Gasteiger partial charge in [-0.15, -0.1) is 0 Å². The van der Waals surface area contributed by atoms with Crippen LogP contribution < -0.4 is 10.1 Å². The number of imidazole rings is 1. The third-order valence-corrected chi connectivity index (χ3v) is 3.66. The van der Waals surface area contributed by atoms with Crippen LogP contribution in [-0.4, -0.2) is 34.4 Å². The molecule has 2 aromatic carbocycles. The molecule has 3 rings (SSSR count). The molecule has 0 saturated heterocycles. The van der Waals surface area contributed by atoms with E-state index in [2.05, 4.69) is 14.9 Å². The van der Waals surface area contributed by atoms with E-state index in [1.165, 1.54) is 0 Å². The molecular weight excluding hydrogens is 314 g/mol. The molecule has 0 unspecified atom stereocenters. The van der Waals surface area contributed by atoms with Crippen molar-refractivity contribution in [3.63, 3.8) is 0 Å². The van der Waals surface area contributed by atoms with Crippen molar-refractivity contribution in [2.75, 3.05) is 25.1 Å². The Morgan fingerprint density at radius 2 is 2.04 bits per heavy atom. The lowest BCUT2D eigenvalue weighted by Crippen LogP contribution is -2.14. The van der Waals surface area contributed by atoms with Crippen molar-refractivity contribution in [1.82, 2.24) is 9.55 Å². The summed E-state index contributed by atoms with van der Waals surface area (Å²) in [7, 11) is 0. The molecule has 23 heavy (non-hydrogen) atoms. The van der Waals surface area contributed by atoms with E-state index in [-0.39, 0.29) is 6.61 Å². The van der Waals surface area contributed by atoms with Gasteiger partial charge >= 0.3 is 0 Å². The number of rotatable bonds is 7. The van der Waals surface area contributed by atoms with E-state index in [1.807, 2.05) is 42.5 Å². The van der Waals surface area contributed by atoms with Crippen LogP contribution in [-0.2, 0) is 6.54 Å². The zero-order chi connectivity index (χ0) is 16.1. The Kier molecular flexibility index (Phi) is 5.00. The van der Waals surface area contributed by atoms with Crippen LogP contribution in [0.5, 0.6) is 5.75 Å². The predicted molar refractivity (Wildman–Crippen MR) is 92.3 cm³/mol. The smallest absolute Gasteiger partial charge is 0.204 e. The maximum absolute atomic E-state index is 9.01. The monoisotopic (exact) mass is 331 g/mol. The van der Waals surface area contributed by atoms with Gasteiger partial charge < -0.3 is 19.7 Å². The Balaban J connectivity index is 1.75. The number of aliphatic hydroxyl groups is 1. The molecule has 0 aliphatic heterocycles. The summed E-state index contributed by atoms with van der Waals surface area (Å²) in [5.41, 5.74) is 1.94. The summed E-state index contributed by atoms with van der Waals surface area (Å²) in [5.74, 6) is 1.47. The van der Waals surface area contributed by atoms with Gasteiger partial charge in [0.25, 0.3) is 0 Å². The van der Waals surface area contributed by atoms with E-state index < -0.39 is 0 Å². The Morgan fingerprint density at radius 1 is 1.17 bits per heavy atom. The van der Waals surface area contributed by atoms with Gasteiger partial charge in [-0.05, 0) is 30.3 Å². The van der Waals surface area contributed by atoms with Crippen molar-refractivity contribution in [2.24, 2.45) is 0 Å². The third-order valence-electron chi connectivity index (χ3n) is 3.43. The van der Waals surface area contributed by atoms with Crippen molar-refractivity contribution in [2.45, 2.75) is 6.54 Å². The molecular formula is C17H18ClN3O2. The fraction of sp³-hybridized carbons (Fsp3) is 0.235. The maximum atomic E-state index is 9.01. The minimum Gasteiger partial charge on any atom is -0.492 e. The first kappa shape index (κ1) is 15.6. The Hall–Kier alpha value is -2.24. The number of hydrogen-bond acceptors (Lipinski definition) is 4. The lowest BCUT2D eigenvalue weighted by atomic mass is 10.3. The van der Waals surface area contributed by atoms with Gasteiger partial charge in [0.15, 0.2) is 0 Å². The molecule has 3 aromatic rings. The molecule has 1 heterocycles. The minimum absolute atomic E-state index is 0.0578. The van der Waals surface area contributed by atoms with Crippen LogP contribution in [0.1, 0.15) is 0 Å². The van der Waals surface area contributed by atoms with Crippen molar-refractivity contribution >= 4 is 28.6 Å². The van der Waals surface area contributed by atoms with Gasteiger partial charge in [0.2, 0.25) is 5.95 Å². The second-order valence-electron chi connectivity index (χ2n) is 5.03. The van der Waals surface area contributed by atoms with E-state index in [1.54, 1.807) is 6.07 Å². The van der Waals surface area contributed by atoms with Gasteiger partial charge in [-0.1, -0.05) is 29.8 Å². The molecule has 0 radical (unpaired) electrons. The van der Waals surface area contributed by atoms with Crippen LogP contribution in [0.2, 0.25) is 5.02 Å². The average Bonchev–Trinajstić information content (AvgIpc) is 2.91. The zero-order valence-electron chi connectivity index (χ0n) is 12.6. The molecule has 0 aliphatic carbocycles. The molecule has 1 aromatic heterocycles. The lowest BCUT2D eigenvalue weighted by molar-refractivity contribution is 0.299. The van der Waals surface area contributed by atoms with Crippen LogP contribution >= 0.6 is 11.6 Å². The first-order valence-corrected chi connectivity index (χ1v) is 7.84. The van der Waals surface area contributed by atoms with Gasteiger partial charge in [0.1, 0.15) is 12.4 Å². The second kappa shape index (κ2) is 7.35. The molecule has 0 fully saturated rings. The van der Waals surface area contributed by atoms with Crippen LogP contribution in [0.25, 0.3) is 11.0 Å². The fourth-order valence-corrected chi connectivity index (χ4v) is 2.60. The summed E-state index contributed by atoms with van der Waals surface area (Å²) in [4.78, 5) is 4.55. The fourth-order valence-electron chi connectivity index (χ4n) is 2.42. The Bertz CT molecular complexity index is 788. The number of para-hydroxylation sites is 2. The van der Waals surface area contributed by atoms with Gasteiger partial charge in [0.05, 0.1) is 24.2 Å². The summed E-state index contributed by atoms with van der Waals surface area (Å²) < 4.78 is 7.81. The van der Waals surface area contributed by atoms with Crippen molar-refractivity contribution < 1.29 is 9.84 Å². The second-order valence-corrected chi connectivity index (χ2v) is 5.47. The largest absolute Gasteiger partial charge is 0.492 e. The highest BCUT2D eigenvalue weighted by Gasteiger charge is 2.09. The summed E-state index contributed by atoms with van der Waals surface area (Å²) in [6, 6.07) is 15.3. The number of aromatic nitrogens is 2. The van der Waals surface area contributed by atoms with E-state index in [9.17, 15) is 0 Å². The van der Waals surface area contributed by atoms with Crippen LogP contribution in [0, 0.1) is 0 Å². The molecule has 0 bridgehead atoms. The molecule has 0 amide bonds. The molecule has 0 spiro atoms. The molecule has 0 saturated carbocycles. The number of halogens is 1. The van der Waals surface area contributed by atoms with E-state index >= 15 is 0 Å². The predicted octanol–water partition coefficient (Wildman–Crippen LogP) is 3.17. The first-order valence-electron chi connectivity index (χ1n) is 7.46. The summed E-state index contributed by atoms with van der Waals surface area (Å²) >= 11 is 5.95. The summed E-state index contributed by atoms with van der Waals surface area (Å²) in [6.45, 7) is 1.65. The van der Waals surface area contributed by atoms with Crippen molar-refractivity contribution in [3.05, 3.63) is 53.6 Å². The number of nitrogens with zero attached hydrogens (tertiary/aromatic N) is 2. The molecule has 0 aliphatic rings. The highest BCUT2D eigenvalue weighted by molar-refractivity contribution is 6.30. The van der Waals surface area contributed by atoms with Gasteiger partial charge in [-0.3, -0.25) is 0 Å². The quantitative estimate of drug-likeness (QED) is 0.698. The number of benzene rings is 2. The van der Waals surface area contributed by atoms with Crippen LogP contribution in [0.4, 0.5) is 5.95 Å². The lowest BCUT2D eigenvalue weighted by Gasteiger charge is -2.11. The maximum Gasteiger partial charge on any atom is 0.204 e. The average molecular weight is 332 g/mol. The molecule has 120 valence electrons. The van der Waals surface area contributed by atoms with Crippen LogP contribution in [0.3, 0.4) is 0 Å². The molecule has 2 N–H and O–H groups in total. The van der Waals surface area contributed by atoms with Gasteiger partial charge in [-0.2, -0.15) is 0 Å². The zero-order valence-corrected chi connectivity index (χ0v) is 13.3. The number of anilines is 1. The summed E-state index contributed by atoms with van der Waals surface area (Å²) in [5, 5.41) is 12.8. The standard InChI is InChI=1S/C17H18ClN3O2/c18-13-4-3-5-14(12-13)23-11-9-21-16-7-2-1-6-15(16)20-17(21)19-8-10-22/h1-7,12,22H,8-11H2,(H,19,20). The number of fused-ring (bicyclic) bond motifs is 1. The van der Waals surface area contributed by atoms with E-state index in [0.717, 1.165) is 22.7 Å². The van der Waals surface area contributed by atoms with Gasteiger partial charge in [0, 0.05) is 11.6 Å². The van der Waals surface area contributed by atoms with E-state index in [0.29, 0.717) is 24.7 Å². The SMILES string of the molecule is OCCNc1nc2ccccc2n1CCOc1cccc(Cl)c1. The molecule has 5 nitrogen and oxygen atoms in total. The highest BCUT2D eigenvalue weighted by atomic mass is 35.5. The van der Waals surface area contributed by atoms with E-state index in [4.69, 9.17) is 21.4 Å². The first-order chi connectivity index (χ1) is 11.3. The molecule has 0 atom stereocenters. The molecule has 6 heteroatoms. The Morgan fingerprint density at radius 3 is 2.87 bits per heavy atom. The van der Waals surface area contributed by atoms with Gasteiger partial charge in [-0.25, -0.2) is 4.98 Å². The third kappa shape index (κ3) is 3.75. The topological polar surface area (TPSA) is 59.3 Å². The number of nitrogens with one attached hydrogen (secondary N) is 1. The van der Waals surface area contributed by atoms with Crippen molar-refractivity contribution in [1.29, 1.82) is 0 Å². The number of hydrogen-bond donors (Lipinski definition) is 2. The highest BCUT2D eigenvalue weighted by Crippen LogP contribution is 2.20. The summed E-state index contributed by atoms with van der Waals surface area (Å²) in [6.07, 6.45) is 0.